The minimum absolute atomic E-state index is 0.0134. The first kappa shape index (κ1) is 11.9. The van der Waals surface area contributed by atoms with E-state index in [-0.39, 0.29) is 5.69 Å². The maximum Gasteiger partial charge on any atom is 0.315 e. The van der Waals surface area contributed by atoms with Crippen LogP contribution in [-0.4, -0.2) is 17.1 Å². The molecule has 1 aromatic heterocycles. The lowest BCUT2D eigenvalue weighted by Crippen LogP contribution is -2.04. The smallest absolute Gasteiger partial charge is 0.315 e. The van der Waals surface area contributed by atoms with E-state index >= 15 is 0 Å². The van der Waals surface area contributed by atoms with Gasteiger partial charge in [-0.15, -0.1) is 0 Å². The summed E-state index contributed by atoms with van der Waals surface area (Å²) >= 11 is 0. The first-order valence-electron chi connectivity index (χ1n) is 5.31. The van der Waals surface area contributed by atoms with Gasteiger partial charge in [0.15, 0.2) is 5.76 Å². The van der Waals surface area contributed by atoms with Crippen LogP contribution in [-0.2, 0) is 6.54 Å². The van der Waals surface area contributed by atoms with Gasteiger partial charge in [-0.2, -0.15) is 0 Å². The number of benzene rings is 1. The molecule has 0 amide bonds. The number of aromatic nitrogens is 1. The molecule has 2 aromatic rings. The molecular formula is C11H12N4O3. The van der Waals surface area contributed by atoms with Crippen LogP contribution in [0.1, 0.15) is 5.76 Å². The van der Waals surface area contributed by atoms with Crippen LogP contribution >= 0.6 is 0 Å². The van der Waals surface area contributed by atoms with Gasteiger partial charge in [-0.1, -0.05) is 11.2 Å². The third-order valence-corrected chi connectivity index (χ3v) is 2.43. The predicted octanol–water partition coefficient (Wildman–Crippen LogP) is 2.24. The summed E-state index contributed by atoms with van der Waals surface area (Å²) in [7, 11) is 1.64. The molecule has 2 N–H and O–H groups in total. The molecule has 7 heteroatoms. The molecule has 18 heavy (non-hydrogen) atoms. The van der Waals surface area contributed by atoms with Crippen molar-refractivity contribution < 1.29 is 9.45 Å². The largest absolute Gasteiger partial charge is 0.382 e. The number of nitrogens with one attached hydrogen (secondary N) is 2. The molecule has 0 atom stereocenters. The third kappa shape index (κ3) is 2.40. The van der Waals surface area contributed by atoms with E-state index in [4.69, 9.17) is 4.52 Å². The number of hydrogen-bond donors (Lipinski definition) is 2. The number of nitro groups is 1. The van der Waals surface area contributed by atoms with Crippen LogP contribution < -0.4 is 10.6 Å². The van der Waals surface area contributed by atoms with Crippen LogP contribution in [0, 0.1) is 10.1 Å². The van der Waals surface area contributed by atoms with E-state index in [0.29, 0.717) is 23.7 Å². The predicted molar refractivity (Wildman–Crippen MR) is 66.5 cm³/mol. The highest BCUT2D eigenvalue weighted by Gasteiger charge is 2.18. The van der Waals surface area contributed by atoms with Gasteiger partial charge in [0.2, 0.25) is 0 Å². The molecule has 0 saturated carbocycles. The third-order valence-electron chi connectivity index (χ3n) is 2.43. The van der Waals surface area contributed by atoms with Crippen LogP contribution in [0.2, 0.25) is 0 Å². The Morgan fingerprint density at radius 1 is 1.39 bits per heavy atom. The number of nitrogens with zero attached hydrogens (tertiary/aromatic N) is 2. The van der Waals surface area contributed by atoms with Crippen LogP contribution in [0.5, 0.6) is 0 Å². The van der Waals surface area contributed by atoms with Gasteiger partial charge in [-0.05, 0) is 12.1 Å². The molecule has 2 rings (SSSR count). The minimum Gasteiger partial charge on any atom is -0.382 e. The second-order valence-electron chi connectivity index (χ2n) is 3.54. The van der Waals surface area contributed by atoms with Crippen molar-refractivity contribution in [3.8, 4) is 0 Å². The molecule has 7 nitrogen and oxygen atoms in total. The molecule has 0 unspecified atom stereocenters. The average molecular weight is 248 g/mol. The number of nitro benzene ring substituents is 1. The molecule has 0 aliphatic rings. The van der Waals surface area contributed by atoms with Crippen LogP contribution in [0.4, 0.5) is 17.1 Å². The molecule has 94 valence electrons. The van der Waals surface area contributed by atoms with Crippen molar-refractivity contribution in [2.75, 3.05) is 17.7 Å². The number of rotatable bonds is 5. The summed E-state index contributed by atoms with van der Waals surface area (Å²) in [6.45, 7) is 0.341. The summed E-state index contributed by atoms with van der Waals surface area (Å²) in [5.74, 6) is 0.610. The van der Waals surface area contributed by atoms with E-state index < -0.39 is 4.92 Å². The van der Waals surface area contributed by atoms with Crippen LogP contribution in [0.25, 0.3) is 0 Å². The van der Waals surface area contributed by atoms with Crippen molar-refractivity contribution in [1.29, 1.82) is 0 Å². The van der Waals surface area contributed by atoms with E-state index in [1.807, 2.05) is 0 Å². The van der Waals surface area contributed by atoms with Crippen molar-refractivity contribution in [3.05, 3.63) is 46.3 Å². The Morgan fingerprint density at radius 2 is 2.17 bits per heavy atom. The van der Waals surface area contributed by atoms with E-state index in [2.05, 4.69) is 15.8 Å². The lowest BCUT2D eigenvalue weighted by molar-refractivity contribution is -0.383. The fourth-order valence-electron chi connectivity index (χ4n) is 1.60. The van der Waals surface area contributed by atoms with Gasteiger partial charge in [-0.3, -0.25) is 10.1 Å². The molecule has 0 spiro atoms. The highest BCUT2D eigenvalue weighted by atomic mass is 16.6. The summed E-state index contributed by atoms with van der Waals surface area (Å²) < 4.78 is 4.91. The zero-order chi connectivity index (χ0) is 13.0. The molecule has 1 aromatic carbocycles. The summed E-state index contributed by atoms with van der Waals surface area (Å²) in [5, 5.41) is 20.4. The second kappa shape index (κ2) is 5.17. The van der Waals surface area contributed by atoms with Crippen molar-refractivity contribution in [2.24, 2.45) is 0 Å². The zero-order valence-corrected chi connectivity index (χ0v) is 9.71. The van der Waals surface area contributed by atoms with Gasteiger partial charge in [-0.25, -0.2) is 0 Å². The highest BCUT2D eigenvalue weighted by Crippen LogP contribution is 2.32. The van der Waals surface area contributed by atoms with E-state index in [1.165, 1.54) is 6.20 Å². The molecule has 1 heterocycles. The summed E-state index contributed by atoms with van der Waals surface area (Å²) in [5.41, 5.74) is 0.908. The van der Waals surface area contributed by atoms with Crippen molar-refractivity contribution in [3.63, 3.8) is 0 Å². The maximum atomic E-state index is 11.1. The standard InChI is InChI=1S/C11H12N4O3/c1-12-9-3-2-4-10(11(9)15(16)17)13-7-8-5-6-14-18-8/h2-6,12-13H,7H2,1H3. The molecule has 0 aliphatic heterocycles. The van der Waals surface area contributed by atoms with Crippen LogP contribution in [0.15, 0.2) is 35.0 Å². The van der Waals surface area contributed by atoms with Gasteiger partial charge in [0, 0.05) is 13.1 Å². The Hall–Kier alpha value is -2.57. The Balaban J connectivity index is 2.24. The van der Waals surface area contributed by atoms with E-state index in [9.17, 15) is 10.1 Å². The summed E-state index contributed by atoms with van der Waals surface area (Å²) in [4.78, 5) is 10.6. The van der Waals surface area contributed by atoms with Crippen molar-refractivity contribution in [2.45, 2.75) is 6.54 Å². The van der Waals surface area contributed by atoms with Gasteiger partial charge in [0.05, 0.1) is 17.7 Å². The molecule has 0 fully saturated rings. The molecule has 0 radical (unpaired) electrons. The number of hydrogen-bond acceptors (Lipinski definition) is 6. The maximum absolute atomic E-state index is 11.1. The lowest BCUT2D eigenvalue weighted by atomic mass is 10.2. The average Bonchev–Trinajstić information content (AvgIpc) is 2.88. The lowest BCUT2D eigenvalue weighted by Gasteiger charge is -2.08. The van der Waals surface area contributed by atoms with E-state index in [1.54, 1.807) is 31.3 Å². The Kier molecular flexibility index (Phi) is 3.42. The van der Waals surface area contributed by atoms with Gasteiger partial charge >= 0.3 is 5.69 Å². The molecule has 0 saturated heterocycles. The van der Waals surface area contributed by atoms with Crippen molar-refractivity contribution in [1.82, 2.24) is 5.16 Å². The summed E-state index contributed by atoms with van der Waals surface area (Å²) in [6, 6.07) is 6.73. The molecule has 0 bridgehead atoms. The molecule has 0 aliphatic carbocycles. The second-order valence-corrected chi connectivity index (χ2v) is 3.54. The highest BCUT2D eigenvalue weighted by molar-refractivity contribution is 5.75. The minimum atomic E-state index is -0.422. The quantitative estimate of drug-likeness (QED) is 0.622. The zero-order valence-electron chi connectivity index (χ0n) is 9.71. The number of para-hydroxylation sites is 1. The molecular weight excluding hydrogens is 236 g/mol. The summed E-state index contributed by atoms with van der Waals surface area (Å²) in [6.07, 6.45) is 1.52. The first-order chi connectivity index (χ1) is 8.72. The monoisotopic (exact) mass is 248 g/mol. The first-order valence-corrected chi connectivity index (χ1v) is 5.31. The fourth-order valence-corrected chi connectivity index (χ4v) is 1.60. The van der Waals surface area contributed by atoms with Crippen LogP contribution in [0.3, 0.4) is 0 Å². The normalized spacial score (nSPS) is 10.1. The van der Waals surface area contributed by atoms with Gasteiger partial charge in [0.25, 0.3) is 0 Å². The van der Waals surface area contributed by atoms with Crippen molar-refractivity contribution >= 4 is 17.1 Å². The van der Waals surface area contributed by atoms with Gasteiger partial charge < -0.3 is 15.2 Å². The topological polar surface area (TPSA) is 93.2 Å². The van der Waals surface area contributed by atoms with E-state index in [0.717, 1.165) is 0 Å². The number of anilines is 2. The van der Waals surface area contributed by atoms with Gasteiger partial charge in [0.1, 0.15) is 11.4 Å². The fraction of sp³-hybridized carbons (Fsp3) is 0.182. The Labute approximate surface area is 103 Å². The Morgan fingerprint density at radius 3 is 2.78 bits per heavy atom. The SMILES string of the molecule is CNc1cccc(NCc2ccno2)c1[N+](=O)[O-]. The Bertz CT molecular complexity index is 539.